The van der Waals surface area contributed by atoms with E-state index in [4.69, 9.17) is 4.74 Å². The molecule has 2 aliphatic heterocycles. The fourth-order valence-electron chi connectivity index (χ4n) is 4.03. The number of rotatable bonds is 3. The molecule has 4 rings (SSSR count). The van der Waals surface area contributed by atoms with Gasteiger partial charge in [-0.3, -0.25) is 9.48 Å². The number of hydrogen-bond acceptors (Lipinski definition) is 5. The summed E-state index contributed by atoms with van der Waals surface area (Å²) in [4.78, 5) is 14.7. The first-order chi connectivity index (χ1) is 12.1. The summed E-state index contributed by atoms with van der Waals surface area (Å²) in [6.45, 7) is 8.32. The van der Waals surface area contributed by atoms with Crippen molar-refractivity contribution in [1.82, 2.24) is 29.7 Å². The van der Waals surface area contributed by atoms with Crippen LogP contribution < -0.4 is 0 Å². The summed E-state index contributed by atoms with van der Waals surface area (Å²) in [5.41, 5.74) is 4.31. The number of hydrogen-bond donors (Lipinski definition) is 0. The Labute approximate surface area is 146 Å². The molecule has 0 bridgehead atoms. The van der Waals surface area contributed by atoms with Crippen molar-refractivity contribution in [2.24, 2.45) is 0 Å². The van der Waals surface area contributed by atoms with Gasteiger partial charge >= 0.3 is 0 Å². The van der Waals surface area contributed by atoms with Crippen LogP contribution in [0, 0.1) is 13.8 Å². The minimum atomic E-state index is 0.0515. The number of carbonyl (C=O) groups excluding carboxylic acids is 1. The molecule has 0 radical (unpaired) electrons. The van der Waals surface area contributed by atoms with Crippen LogP contribution in [0.3, 0.4) is 0 Å². The molecule has 2 atom stereocenters. The number of carbonyl (C=O) groups is 1. The molecule has 8 heteroatoms. The highest BCUT2D eigenvalue weighted by Crippen LogP contribution is 2.30. The second-order valence-electron chi connectivity index (χ2n) is 6.88. The quantitative estimate of drug-likeness (QED) is 0.831. The van der Waals surface area contributed by atoms with Crippen LogP contribution in [-0.2, 0) is 29.1 Å². The van der Waals surface area contributed by atoms with E-state index in [2.05, 4.69) is 22.3 Å². The van der Waals surface area contributed by atoms with Crippen molar-refractivity contribution in [3.63, 3.8) is 0 Å². The first kappa shape index (κ1) is 16.3. The first-order valence-corrected chi connectivity index (χ1v) is 8.89. The molecule has 2 aromatic rings. The van der Waals surface area contributed by atoms with E-state index in [0.29, 0.717) is 19.7 Å². The topological polar surface area (TPSA) is 78.1 Å². The molecule has 2 aliphatic rings. The van der Waals surface area contributed by atoms with Crippen molar-refractivity contribution in [1.29, 1.82) is 0 Å². The van der Waals surface area contributed by atoms with Crippen molar-refractivity contribution in [2.45, 2.75) is 58.9 Å². The molecule has 0 spiro atoms. The zero-order chi connectivity index (χ0) is 17.6. The summed E-state index contributed by atoms with van der Waals surface area (Å²) in [6.07, 6.45) is 3.61. The van der Waals surface area contributed by atoms with Crippen LogP contribution in [0.2, 0.25) is 0 Å². The Morgan fingerprint density at radius 3 is 3.00 bits per heavy atom. The van der Waals surface area contributed by atoms with Crippen molar-refractivity contribution in [3.8, 4) is 0 Å². The summed E-state index contributed by atoms with van der Waals surface area (Å²) in [5.74, 6) is 0.0962. The zero-order valence-corrected chi connectivity index (χ0v) is 15.0. The summed E-state index contributed by atoms with van der Waals surface area (Å²) in [5, 5.41) is 12.7. The monoisotopic (exact) mass is 344 g/mol. The number of aromatic nitrogens is 5. The van der Waals surface area contributed by atoms with Gasteiger partial charge in [-0.05, 0) is 32.3 Å². The maximum Gasteiger partial charge on any atom is 0.244 e. The molecule has 1 fully saturated rings. The predicted molar refractivity (Wildman–Crippen MR) is 89.9 cm³/mol. The van der Waals surface area contributed by atoms with E-state index in [9.17, 15) is 4.79 Å². The van der Waals surface area contributed by atoms with Gasteiger partial charge in [0.15, 0.2) is 0 Å². The number of aryl methyl sites for hydroxylation is 1. The molecular formula is C17H24N6O2. The summed E-state index contributed by atoms with van der Waals surface area (Å²) in [6, 6.07) is 0.0515. The highest BCUT2D eigenvalue weighted by atomic mass is 16.5. The zero-order valence-electron chi connectivity index (χ0n) is 15.0. The minimum absolute atomic E-state index is 0.0515. The van der Waals surface area contributed by atoms with Crippen LogP contribution in [0.4, 0.5) is 0 Å². The Morgan fingerprint density at radius 1 is 1.40 bits per heavy atom. The van der Waals surface area contributed by atoms with E-state index >= 15 is 0 Å². The van der Waals surface area contributed by atoms with Gasteiger partial charge in [0.1, 0.15) is 6.54 Å². The lowest BCUT2D eigenvalue weighted by molar-refractivity contribution is -0.138. The van der Waals surface area contributed by atoms with E-state index < -0.39 is 0 Å². The van der Waals surface area contributed by atoms with Gasteiger partial charge in [0.2, 0.25) is 5.91 Å². The second kappa shape index (κ2) is 6.25. The lowest BCUT2D eigenvalue weighted by Gasteiger charge is -2.41. The summed E-state index contributed by atoms with van der Waals surface area (Å²) >= 11 is 0. The van der Waals surface area contributed by atoms with E-state index in [1.807, 2.05) is 28.1 Å². The third-order valence-electron chi connectivity index (χ3n) is 5.45. The molecule has 0 saturated carbocycles. The Bertz CT molecular complexity index is 795. The third-order valence-corrected chi connectivity index (χ3v) is 5.45. The van der Waals surface area contributed by atoms with Gasteiger partial charge < -0.3 is 9.64 Å². The van der Waals surface area contributed by atoms with Crippen molar-refractivity contribution in [2.75, 3.05) is 13.1 Å². The lowest BCUT2D eigenvalue weighted by atomic mass is 10.0. The normalized spacial score (nSPS) is 22.6. The van der Waals surface area contributed by atoms with Crippen LogP contribution in [0.5, 0.6) is 0 Å². The second-order valence-corrected chi connectivity index (χ2v) is 6.88. The summed E-state index contributed by atoms with van der Waals surface area (Å²) < 4.78 is 9.67. The molecule has 0 aliphatic carbocycles. The lowest BCUT2D eigenvalue weighted by Crippen LogP contribution is -2.50. The average Bonchev–Trinajstić information content (AvgIpc) is 3.19. The van der Waals surface area contributed by atoms with Crippen molar-refractivity contribution >= 4 is 5.91 Å². The van der Waals surface area contributed by atoms with Crippen molar-refractivity contribution < 1.29 is 9.53 Å². The molecule has 2 aromatic heterocycles. The van der Waals surface area contributed by atoms with E-state index in [-0.39, 0.29) is 24.6 Å². The SMILES string of the molecule is CCc1c(C)nn(CC(=O)N2CC[C@H]3OCc4cnnn4[C@H]3C2)c1C. The smallest absolute Gasteiger partial charge is 0.244 e. The molecule has 25 heavy (non-hydrogen) atoms. The van der Waals surface area contributed by atoms with Crippen LogP contribution >= 0.6 is 0 Å². The molecule has 0 N–H and O–H groups in total. The molecule has 0 unspecified atom stereocenters. The van der Waals surface area contributed by atoms with Gasteiger partial charge in [-0.15, -0.1) is 5.10 Å². The first-order valence-electron chi connectivity index (χ1n) is 8.89. The van der Waals surface area contributed by atoms with Gasteiger partial charge in [0.25, 0.3) is 0 Å². The highest BCUT2D eigenvalue weighted by Gasteiger charge is 2.37. The minimum Gasteiger partial charge on any atom is -0.370 e. The Kier molecular flexibility index (Phi) is 4.07. The molecule has 8 nitrogen and oxygen atoms in total. The molecular weight excluding hydrogens is 320 g/mol. The van der Waals surface area contributed by atoms with Gasteiger partial charge in [-0.1, -0.05) is 12.1 Å². The van der Waals surface area contributed by atoms with Gasteiger partial charge in [0.05, 0.1) is 36.3 Å². The third kappa shape index (κ3) is 2.74. The number of ether oxygens (including phenoxy) is 1. The van der Waals surface area contributed by atoms with Gasteiger partial charge in [-0.2, -0.15) is 5.10 Å². The molecule has 1 amide bonds. The fourth-order valence-corrected chi connectivity index (χ4v) is 4.03. The number of fused-ring (bicyclic) bond motifs is 3. The van der Waals surface area contributed by atoms with Gasteiger partial charge in [-0.25, -0.2) is 4.68 Å². The maximum atomic E-state index is 12.8. The van der Waals surface area contributed by atoms with Crippen LogP contribution in [-0.4, -0.2) is 54.8 Å². The number of amides is 1. The maximum absolute atomic E-state index is 12.8. The largest absolute Gasteiger partial charge is 0.370 e. The molecule has 1 saturated heterocycles. The Balaban J connectivity index is 1.49. The van der Waals surface area contributed by atoms with Gasteiger partial charge in [0, 0.05) is 18.8 Å². The average molecular weight is 344 g/mol. The van der Waals surface area contributed by atoms with Crippen molar-refractivity contribution in [3.05, 3.63) is 28.8 Å². The Morgan fingerprint density at radius 2 is 2.24 bits per heavy atom. The van der Waals surface area contributed by atoms with E-state index in [1.165, 1.54) is 5.56 Å². The molecule has 4 heterocycles. The van der Waals surface area contributed by atoms with Crippen LogP contribution in [0.25, 0.3) is 0 Å². The molecule has 0 aromatic carbocycles. The van der Waals surface area contributed by atoms with E-state index in [1.54, 1.807) is 6.20 Å². The van der Waals surface area contributed by atoms with Crippen LogP contribution in [0.15, 0.2) is 6.20 Å². The standard InChI is InChI=1S/C17H24N6O2/c1-4-14-11(2)19-22(12(14)3)9-17(24)21-6-5-16-15(8-21)23-13(10-25-16)7-18-20-23/h7,15-16H,4-6,8-10H2,1-3H3/t15-,16+/m0/s1. The number of piperidine rings is 1. The summed E-state index contributed by atoms with van der Waals surface area (Å²) in [7, 11) is 0. The number of nitrogens with zero attached hydrogens (tertiary/aromatic N) is 6. The number of likely N-dealkylation sites (tertiary alicyclic amines) is 1. The van der Waals surface area contributed by atoms with Crippen LogP contribution in [0.1, 0.15) is 42.0 Å². The Hall–Kier alpha value is -2.22. The highest BCUT2D eigenvalue weighted by molar-refractivity contribution is 5.76. The fraction of sp³-hybridized carbons (Fsp3) is 0.647. The predicted octanol–water partition coefficient (Wildman–Crippen LogP) is 1.03. The van der Waals surface area contributed by atoms with E-state index in [0.717, 1.165) is 29.9 Å². The molecule has 134 valence electrons.